The normalized spacial score (nSPS) is 12.0. The van der Waals surface area contributed by atoms with Crippen LogP contribution in [-0.4, -0.2) is 42.2 Å². The molecule has 0 amide bonds. The molecule has 0 saturated heterocycles. The SMILES string of the molecule is COC(=O)[C@@H](C)Oc1c(C=Nn2c(-c3ccccc3)nc3ccccc3c2=O)cccc1OC. The molecule has 0 aliphatic rings. The second-order valence-electron chi connectivity index (χ2n) is 7.34. The summed E-state index contributed by atoms with van der Waals surface area (Å²) in [5, 5.41) is 4.92. The molecule has 1 aromatic heterocycles. The van der Waals surface area contributed by atoms with Crippen molar-refractivity contribution in [3.63, 3.8) is 0 Å². The lowest BCUT2D eigenvalue weighted by atomic mass is 10.2. The van der Waals surface area contributed by atoms with Gasteiger partial charge in [0.2, 0.25) is 0 Å². The van der Waals surface area contributed by atoms with E-state index in [1.807, 2.05) is 36.4 Å². The van der Waals surface area contributed by atoms with Crippen molar-refractivity contribution in [3.8, 4) is 22.9 Å². The molecule has 0 saturated carbocycles. The molecule has 0 aliphatic carbocycles. The summed E-state index contributed by atoms with van der Waals surface area (Å²) >= 11 is 0. The summed E-state index contributed by atoms with van der Waals surface area (Å²) in [6, 6.07) is 21.7. The number of esters is 1. The number of fused-ring (bicyclic) bond motifs is 1. The van der Waals surface area contributed by atoms with Crippen LogP contribution in [0.2, 0.25) is 0 Å². The van der Waals surface area contributed by atoms with Gasteiger partial charge in [-0.3, -0.25) is 4.79 Å². The number of ether oxygens (including phenoxy) is 3. The van der Waals surface area contributed by atoms with E-state index in [2.05, 4.69) is 10.1 Å². The first-order valence-corrected chi connectivity index (χ1v) is 10.6. The second kappa shape index (κ2) is 9.99. The molecule has 0 aliphatic heterocycles. The van der Waals surface area contributed by atoms with E-state index in [0.29, 0.717) is 33.8 Å². The van der Waals surface area contributed by atoms with Crippen LogP contribution >= 0.6 is 0 Å². The molecular weight excluding hydrogens is 434 g/mol. The van der Waals surface area contributed by atoms with Gasteiger partial charge < -0.3 is 14.2 Å². The number of carbonyl (C=O) groups excluding carboxylic acids is 1. The average Bonchev–Trinajstić information content (AvgIpc) is 2.88. The Balaban J connectivity index is 1.86. The molecule has 0 spiro atoms. The molecule has 0 fully saturated rings. The Hall–Kier alpha value is -4.46. The second-order valence-corrected chi connectivity index (χ2v) is 7.34. The van der Waals surface area contributed by atoms with Crippen molar-refractivity contribution < 1.29 is 19.0 Å². The molecule has 0 bridgehead atoms. The Morgan fingerprint density at radius 2 is 1.74 bits per heavy atom. The molecule has 4 rings (SSSR count). The summed E-state index contributed by atoms with van der Waals surface area (Å²) in [6.07, 6.45) is 0.602. The summed E-state index contributed by atoms with van der Waals surface area (Å²) < 4.78 is 17.2. The maximum atomic E-state index is 13.3. The molecule has 34 heavy (non-hydrogen) atoms. The van der Waals surface area contributed by atoms with Crippen LogP contribution in [0.3, 0.4) is 0 Å². The molecule has 3 aromatic carbocycles. The standard InChI is InChI=1S/C26H23N3O5/c1-17(26(31)33-3)34-23-19(12-9-15-22(23)32-2)16-27-29-24(18-10-5-4-6-11-18)28-21-14-8-7-13-20(21)25(29)30/h4-17H,1-3H3/t17-/m1/s1. The Morgan fingerprint density at radius 3 is 2.47 bits per heavy atom. The zero-order valence-electron chi connectivity index (χ0n) is 19.0. The fourth-order valence-corrected chi connectivity index (χ4v) is 3.44. The van der Waals surface area contributed by atoms with E-state index >= 15 is 0 Å². The van der Waals surface area contributed by atoms with Gasteiger partial charge in [-0.15, -0.1) is 0 Å². The third-order valence-electron chi connectivity index (χ3n) is 5.16. The maximum Gasteiger partial charge on any atom is 0.346 e. The molecule has 8 heteroatoms. The highest BCUT2D eigenvalue weighted by molar-refractivity contribution is 5.86. The minimum absolute atomic E-state index is 0.301. The number of hydrogen-bond donors (Lipinski definition) is 0. The summed E-state index contributed by atoms with van der Waals surface area (Å²) in [6.45, 7) is 1.57. The van der Waals surface area contributed by atoms with Gasteiger partial charge in [0.15, 0.2) is 23.4 Å². The monoisotopic (exact) mass is 457 g/mol. The van der Waals surface area contributed by atoms with Gasteiger partial charge in [0.25, 0.3) is 5.56 Å². The highest BCUT2D eigenvalue weighted by Gasteiger charge is 2.20. The van der Waals surface area contributed by atoms with E-state index in [1.54, 1.807) is 43.3 Å². The van der Waals surface area contributed by atoms with Crippen molar-refractivity contribution >= 4 is 23.1 Å². The highest BCUT2D eigenvalue weighted by Crippen LogP contribution is 2.31. The van der Waals surface area contributed by atoms with Gasteiger partial charge in [-0.2, -0.15) is 9.78 Å². The van der Waals surface area contributed by atoms with E-state index in [9.17, 15) is 9.59 Å². The first-order valence-electron chi connectivity index (χ1n) is 10.6. The first kappa shape index (κ1) is 22.7. The van der Waals surface area contributed by atoms with Crippen molar-refractivity contribution in [2.24, 2.45) is 5.10 Å². The number of hydrogen-bond acceptors (Lipinski definition) is 7. The molecule has 0 N–H and O–H groups in total. The van der Waals surface area contributed by atoms with Crippen LogP contribution < -0.4 is 15.0 Å². The van der Waals surface area contributed by atoms with Gasteiger partial charge in [-0.05, 0) is 31.2 Å². The molecule has 4 aromatic rings. The van der Waals surface area contributed by atoms with Gasteiger partial charge in [-0.25, -0.2) is 9.78 Å². The fourth-order valence-electron chi connectivity index (χ4n) is 3.44. The lowest BCUT2D eigenvalue weighted by molar-refractivity contribution is -0.147. The van der Waals surface area contributed by atoms with Crippen LogP contribution in [-0.2, 0) is 9.53 Å². The molecule has 0 unspecified atom stereocenters. The van der Waals surface area contributed by atoms with E-state index in [-0.39, 0.29) is 5.56 Å². The number of carbonyl (C=O) groups is 1. The van der Waals surface area contributed by atoms with Crippen LogP contribution in [0.5, 0.6) is 11.5 Å². The Morgan fingerprint density at radius 1 is 1.00 bits per heavy atom. The van der Waals surface area contributed by atoms with Gasteiger partial charge in [0.1, 0.15) is 0 Å². The molecule has 8 nitrogen and oxygen atoms in total. The quantitative estimate of drug-likeness (QED) is 0.309. The minimum Gasteiger partial charge on any atom is -0.493 e. The zero-order chi connectivity index (χ0) is 24.1. The van der Waals surface area contributed by atoms with Gasteiger partial charge in [-0.1, -0.05) is 48.5 Å². The smallest absolute Gasteiger partial charge is 0.346 e. The number of rotatable bonds is 7. The largest absolute Gasteiger partial charge is 0.493 e. The van der Waals surface area contributed by atoms with Crippen molar-refractivity contribution in [2.45, 2.75) is 13.0 Å². The van der Waals surface area contributed by atoms with Crippen LogP contribution in [0.4, 0.5) is 0 Å². The van der Waals surface area contributed by atoms with Crippen molar-refractivity contribution in [1.82, 2.24) is 9.66 Å². The lowest BCUT2D eigenvalue weighted by Crippen LogP contribution is -2.25. The third kappa shape index (κ3) is 4.52. The molecular formula is C26H23N3O5. The fraction of sp³-hybridized carbons (Fsp3) is 0.154. The minimum atomic E-state index is -0.876. The summed E-state index contributed by atoms with van der Waals surface area (Å²) in [7, 11) is 2.79. The number of methoxy groups -OCH3 is 2. The highest BCUT2D eigenvalue weighted by atomic mass is 16.6. The summed E-state index contributed by atoms with van der Waals surface area (Å²) in [5.74, 6) is 0.575. The van der Waals surface area contributed by atoms with E-state index in [0.717, 1.165) is 5.56 Å². The molecule has 1 heterocycles. The third-order valence-corrected chi connectivity index (χ3v) is 5.16. The lowest BCUT2D eigenvalue weighted by Gasteiger charge is -2.17. The molecule has 1 atom stereocenters. The Bertz CT molecular complexity index is 1410. The molecule has 0 radical (unpaired) electrons. The predicted molar refractivity (Wildman–Crippen MR) is 130 cm³/mol. The van der Waals surface area contributed by atoms with Crippen molar-refractivity contribution in [1.29, 1.82) is 0 Å². The number of benzene rings is 3. The van der Waals surface area contributed by atoms with Gasteiger partial charge in [0, 0.05) is 11.1 Å². The van der Waals surface area contributed by atoms with Gasteiger partial charge in [0.05, 0.1) is 31.3 Å². The van der Waals surface area contributed by atoms with Crippen LogP contribution in [0.25, 0.3) is 22.3 Å². The van der Waals surface area contributed by atoms with E-state index in [4.69, 9.17) is 14.2 Å². The van der Waals surface area contributed by atoms with E-state index in [1.165, 1.54) is 25.1 Å². The predicted octanol–water partition coefficient (Wildman–Crippen LogP) is 3.89. The van der Waals surface area contributed by atoms with Crippen LogP contribution in [0, 0.1) is 0 Å². The number of aromatic nitrogens is 2. The maximum absolute atomic E-state index is 13.3. The van der Waals surface area contributed by atoms with Crippen LogP contribution in [0.1, 0.15) is 12.5 Å². The number of para-hydroxylation sites is 2. The van der Waals surface area contributed by atoms with Gasteiger partial charge >= 0.3 is 5.97 Å². The number of nitrogens with zero attached hydrogens (tertiary/aromatic N) is 3. The van der Waals surface area contributed by atoms with Crippen molar-refractivity contribution in [3.05, 3.63) is 88.7 Å². The summed E-state index contributed by atoms with van der Waals surface area (Å²) in [5.41, 5.74) is 1.52. The van der Waals surface area contributed by atoms with Crippen LogP contribution in [0.15, 0.2) is 82.7 Å². The first-order chi connectivity index (χ1) is 16.5. The van der Waals surface area contributed by atoms with Crippen molar-refractivity contribution in [2.75, 3.05) is 14.2 Å². The molecule has 172 valence electrons. The van der Waals surface area contributed by atoms with E-state index < -0.39 is 12.1 Å². The Kier molecular flexibility index (Phi) is 6.68. The Labute approximate surface area is 196 Å². The average molecular weight is 457 g/mol. The topological polar surface area (TPSA) is 92.0 Å². The summed E-state index contributed by atoms with van der Waals surface area (Å²) in [4.78, 5) is 29.9. The zero-order valence-corrected chi connectivity index (χ0v) is 19.0.